The van der Waals surface area contributed by atoms with E-state index in [1.165, 1.54) is 16.7 Å². The highest BCUT2D eigenvalue weighted by Gasteiger charge is 2.44. The highest BCUT2D eigenvalue weighted by atomic mass is 32.2. The zero-order chi connectivity index (χ0) is 26.9. The van der Waals surface area contributed by atoms with E-state index in [0.717, 1.165) is 18.6 Å². The Bertz CT molecular complexity index is 1430. The van der Waals surface area contributed by atoms with Crippen molar-refractivity contribution >= 4 is 28.7 Å². The van der Waals surface area contributed by atoms with Gasteiger partial charge >= 0.3 is 0 Å². The number of hydrogen-bond acceptors (Lipinski definition) is 9. The first kappa shape index (κ1) is 26.2. The minimum absolute atomic E-state index is 0.0376. The number of aliphatic hydroxyl groups excluding tert-OH is 3. The van der Waals surface area contributed by atoms with E-state index in [0.29, 0.717) is 40.9 Å². The molecule has 2 heterocycles. The standard InChI is InChI=1S/C29H34N6O3S/c1-2-13-39-29-31-27(24-28(32-29)35(34-33-24)23-15-20(11-12-36)25(37)26(23)38)30-22-16-21(22)19-10-6-9-18(14-19)17-7-4-3-5-8-17/h3-10,14,20-23,25-26,36-38H,2,11-13,15-16H2,1H3,(H,30,31,32). The van der Waals surface area contributed by atoms with Crippen LogP contribution in [0.3, 0.4) is 0 Å². The third-order valence-electron chi connectivity index (χ3n) is 7.86. The summed E-state index contributed by atoms with van der Waals surface area (Å²) in [6.07, 6.45) is 0.975. The largest absolute Gasteiger partial charge is 0.396 e. The first-order valence-corrected chi connectivity index (χ1v) is 14.7. The lowest BCUT2D eigenvalue weighted by Crippen LogP contribution is -2.30. The molecule has 6 atom stereocenters. The van der Waals surface area contributed by atoms with Crippen LogP contribution in [-0.2, 0) is 0 Å². The molecule has 0 saturated heterocycles. The number of nitrogens with one attached hydrogen (secondary N) is 1. The summed E-state index contributed by atoms with van der Waals surface area (Å²) in [4.78, 5) is 9.58. The summed E-state index contributed by atoms with van der Waals surface area (Å²) in [5, 5.41) is 43.8. The Kier molecular flexibility index (Phi) is 7.53. The van der Waals surface area contributed by atoms with Gasteiger partial charge in [-0.25, -0.2) is 14.6 Å². The number of anilines is 1. The maximum atomic E-state index is 10.8. The Hall–Kier alpha value is -3.05. The second kappa shape index (κ2) is 11.2. The zero-order valence-corrected chi connectivity index (χ0v) is 22.7. The van der Waals surface area contributed by atoms with Gasteiger partial charge in [0.2, 0.25) is 0 Å². The number of aliphatic hydroxyl groups is 3. The second-order valence-electron chi connectivity index (χ2n) is 10.6. The normalized spacial score (nSPS) is 26.3. The summed E-state index contributed by atoms with van der Waals surface area (Å²) in [7, 11) is 0. The summed E-state index contributed by atoms with van der Waals surface area (Å²) in [5.74, 6) is 1.69. The van der Waals surface area contributed by atoms with Crippen molar-refractivity contribution in [2.24, 2.45) is 5.92 Å². The molecule has 0 bridgehead atoms. The summed E-state index contributed by atoms with van der Waals surface area (Å²) < 4.78 is 1.64. The third-order valence-corrected chi connectivity index (χ3v) is 8.91. The first-order chi connectivity index (χ1) is 19.1. The molecule has 0 spiro atoms. The predicted molar refractivity (Wildman–Crippen MR) is 152 cm³/mol. The molecule has 0 aliphatic heterocycles. The maximum Gasteiger partial charge on any atom is 0.191 e. The smallest absolute Gasteiger partial charge is 0.191 e. The van der Waals surface area contributed by atoms with E-state index in [2.05, 4.69) is 71.1 Å². The lowest BCUT2D eigenvalue weighted by molar-refractivity contribution is 0.00107. The van der Waals surface area contributed by atoms with Crippen LogP contribution in [0.25, 0.3) is 22.3 Å². The average Bonchev–Trinajstić information content (AvgIpc) is 3.52. The molecule has 2 aromatic heterocycles. The molecule has 2 fully saturated rings. The number of benzene rings is 2. The minimum atomic E-state index is -1.01. The van der Waals surface area contributed by atoms with Crippen molar-refractivity contribution in [2.45, 2.75) is 68.0 Å². The predicted octanol–water partition coefficient (Wildman–Crippen LogP) is 4.02. The van der Waals surface area contributed by atoms with Crippen molar-refractivity contribution in [3.8, 4) is 11.1 Å². The van der Waals surface area contributed by atoms with E-state index in [-0.39, 0.29) is 18.6 Å². The molecule has 10 heteroatoms. The van der Waals surface area contributed by atoms with Crippen LogP contribution in [0.1, 0.15) is 50.1 Å². The fraction of sp³-hybridized carbons (Fsp3) is 0.448. The van der Waals surface area contributed by atoms with E-state index < -0.39 is 18.2 Å². The number of rotatable bonds is 10. The van der Waals surface area contributed by atoms with Crippen LogP contribution < -0.4 is 5.32 Å². The fourth-order valence-corrected chi connectivity index (χ4v) is 6.36. The molecule has 4 aromatic rings. The molecular formula is C29H34N6O3S. The summed E-state index contributed by atoms with van der Waals surface area (Å²) in [5.41, 5.74) is 4.82. The van der Waals surface area contributed by atoms with Gasteiger partial charge in [0, 0.05) is 24.3 Å². The lowest BCUT2D eigenvalue weighted by atomic mass is 10.0. The summed E-state index contributed by atoms with van der Waals surface area (Å²) >= 11 is 1.58. The van der Waals surface area contributed by atoms with Crippen LogP contribution in [-0.4, -0.2) is 70.9 Å². The van der Waals surface area contributed by atoms with Gasteiger partial charge in [0.15, 0.2) is 22.1 Å². The van der Waals surface area contributed by atoms with Crippen LogP contribution in [0.5, 0.6) is 0 Å². The van der Waals surface area contributed by atoms with Gasteiger partial charge in [-0.2, -0.15) is 0 Å². The van der Waals surface area contributed by atoms with Crippen molar-refractivity contribution in [3.63, 3.8) is 0 Å². The van der Waals surface area contributed by atoms with Crippen LogP contribution in [0.4, 0.5) is 5.82 Å². The molecule has 6 rings (SSSR count). The number of fused-ring (bicyclic) bond motifs is 1. The topological polar surface area (TPSA) is 129 Å². The summed E-state index contributed by atoms with van der Waals surface area (Å²) in [6, 6.07) is 18.9. The SMILES string of the molecule is CCCSc1nc(NC2CC2c2cccc(-c3ccccc3)c2)c2nnn(C3CC(CCO)C(O)C3O)c2n1. The van der Waals surface area contributed by atoms with Crippen LogP contribution in [0, 0.1) is 5.92 Å². The quantitative estimate of drug-likeness (QED) is 0.172. The molecule has 204 valence electrons. The summed E-state index contributed by atoms with van der Waals surface area (Å²) in [6.45, 7) is 2.08. The highest BCUT2D eigenvalue weighted by Crippen LogP contribution is 2.45. The zero-order valence-electron chi connectivity index (χ0n) is 21.9. The van der Waals surface area contributed by atoms with Gasteiger partial charge < -0.3 is 20.6 Å². The van der Waals surface area contributed by atoms with Crippen LogP contribution in [0.15, 0.2) is 59.8 Å². The van der Waals surface area contributed by atoms with Gasteiger partial charge in [0.05, 0.1) is 12.1 Å². The van der Waals surface area contributed by atoms with Crippen molar-refractivity contribution < 1.29 is 15.3 Å². The average molecular weight is 547 g/mol. The van der Waals surface area contributed by atoms with Crippen molar-refractivity contribution in [2.75, 3.05) is 17.7 Å². The van der Waals surface area contributed by atoms with Gasteiger partial charge in [-0.3, -0.25) is 0 Å². The monoisotopic (exact) mass is 546 g/mol. The Labute approximate surface area is 231 Å². The van der Waals surface area contributed by atoms with E-state index >= 15 is 0 Å². The number of hydrogen-bond donors (Lipinski definition) is 4. The van der Waals surface area contributed by atoms with Crippen molar-refractivity contribution in [1.82, 2.24) is 25.0 Å². The van der Waals surface area contributed by atoms with Crippen LogP contribution in [0.2, 0.25) is 0 Å². The van der Waals surface area contributed by atoms with Gasteiger partial charge in [0.25, 0.3) is 0 Å². The van der Waals surface area contributed by atoms with Gasteiger partial charge in [0.1, 0.15) is 6.10 Å². The Morgan fingerprint density at radius 1 is 1.00 bits per heavy atom. The first-order valence-electron chi connectivity index (χ1n) is 13.7. The molecule has 0 radical (unpaired) electrons. The van der Waals surface area contributed by atoms with E-state index in [4.69, 9.17) is 9.97 Å². The lowest BCUT2D eigenvalue weighted by Gasteiger charge is -2.17. The Balaban J connectivity index is 1.27. The highest BCUT2D eigenvalue weighted by molar-refractivity contribution is 7.99. The number of nitrogens with zero attached hydrogens (tertiary/aromatic N) is 5. The molecule has 2 aliphatic carbocycles. The maximum absolute atomic E-state index is 10.8. The van der Waals surface area contributed by atoms with Crippen LogP contribution >= 0.6 is 11.8 Å². The van der Waals surface area contributed by atoms with Gasteiger partial charge in [-0.15, -0.1) is 5.10 Å². The van der Waals surface area contributed by atoms with Gasteiger partial charge in [-0.05, 0) is 48.3 Å². The second-order valence-corrected chi connectivity index (χ2v) is 11.6. The molecule has 39 heavy (non-hydrogen) atoms. The number of aromatic nitrogens is 5. The molecule has 9 nitrogen and oxygen atoms in total. The molecule has 2 aromatic carbocycles. The molecule has 0 amide bonds. The number of thioether (sulfide) groups is 1. The molecule has 4 N–H and O–H groups in total. The van der Waals surface area contributed by atoms with Crippen molar-refractivity contribution in [3.05, 3.63) is 60.2 Å². The minimum Gasteiger partial charge on any atom is -0.396 e. The molecule has 2 saturated carbocycles. The Morgan fingerprint density at radius 2 is 1.82 bits per heavy atom. The fourth-order valence-electron chi connectivity index (χ4n) is 5.66. The third kappa shape index (κ3) is 5.26. The van der Waals surface area contributed by atoms with Crippen molar-refractivity contribution in [1.29, 1.82) is 0 Å². The Morgan fingerprint density at radius 3 is 2.62 bits per heavy atom. The molecule has 6 unspecified atom stereocenters. The van der Waals surface area contributed by atoms with E-state index in [9.17, 15) is 15.3 Å². The van der Waals surface area contributed by atoms with Gasteiger partial charge in [-0.1, -0.05) is 78.5 Å². The molecular weight excluding hydrogens is 512 g/mol. The molecule has 2 aliphatic rings. The van der Waals surface area contributed by atoms with E-state index in [1.54, 1.807) is 16.4 Å². The van der Waals surface area contributed by atoms with E-state index in [1.807, 2.05) is 6.07 Å².